The average molecular weight is 395 g/mol. The van der Waals surface area contributed by atoms with Gasteiger partial charge in [-0.05, 0) is 34.5 Å². The van der Waals surface area contributed by atoms with E-state index in [4.69, 9.17) is 4.74 Å². The average Bonchev–Trinajstić information content (AvgIpc) is 3.23. The molecule has 4 rings (SSSR count). The van der Waals surface area contributed by atoms with E-state index in [9.17, 15) is 0 Å². The molecule has 1 aromatic heterocycles. The molecule has 0 aliphatic carbocycles. The molecule has 2 aromatic carbocycles. The summed E-state index contributed by atoms with van der Waals surface area (Å²) in [6, 6.07) is 18.8. The van der Waals surface area contributed by atoms with Crippen molar-refractivity contribution in [2.24, 2.45) is 0 Å². The lowest BCUT2D eigenvalue weighted by atomic mass is 10.0. The Bertz CT molecular complexity index is 904. The van der Waals surface area contributed by atoms with Gasteiger partial charge in [0.25, 0.3) is 0 Å². The Balaban J connectivity index is 1.66. The van der Waals surface area contributed by atoms with Crippen LogP contribution in [0.15, 0.2) is 54.6 Å². The van der Waals surface area contributed by atoms with E-state index in [1.54, 1.807) is 12.0 Å². The van der Waals surface area contributed by atoms with Crippen LogP contribution in [-0.4, -0.2) is 60.5 Å². The van der Waals surface area contributed by atoms with Gasteiger partial charge < -0.3 is 14.5 Å². The number of hydrogen-bond acceptors (Lipinski definition) is 4. The van der Waals surface area contributed by atoms with E-state index in [0.717, 1.165) is 56.3 Å². The normalized spacial score (nSPS) is 20.3. The van der Waals surface area contributed by atoms with Gasteiger partial charge in [0.1, 0.15) is 31.9 Å². The largest absolute Gasteiger partial charge is 0.496 e. The third-order valence-electron chi connectivity index (χ3n) is 5.88. The van der Waals surface area contributed by atoms with Crippen molar-refractivity contribution >= 4 is 0 Å². The molecule has 7 heteroatoms. The number of piperazine rings is 1. The third-order valence-corrected chi connectivity index (χ3v) is 5.88. The Morgan fingerprint density at radius 3 is 2.48 bits per heavy atom. The lowest BCUT2D eigenvalue weighted by Crippen LogP contribution is -3.27. The minimum absolute atomic E-state index is 0.0602. The van der Waals surface area contributed by atoms with Gasteiger partial charge in [0, 0.05) is 6.54 Å². The van der Waals surface area contributed by atoms with Crippen molar-refractivity contribution in [2.45, 2.75) is 19.0 Å². The molecule has 1 aliphatic rings. The Labute approximate surface area is 171 Å². The second-order valence-corrected chi connectivity index (χ2v) is 7.79. The summed E-state index contributed by atoms with van der Waals surface area (Å²) in [5.41, 5.74) is 2.44. The molecular weight excluding hydrogens is 364 g/mol. The van der Waals surface area contributed by atoms with Crippen LogP contribution in [-0.2, 0) is 13.0 Å². The number of tetrazole rings is 1. The molecule has 0 amide bonds. The highest BCUT2D eigenvalue weighted by atomic mass is 16.5. The van der Waals surface area contributed by atoms with Gasteiger partial charge in [0.05, 0.1) is 19.7 Å². The van der Waals surface area contributed by atoms with E-state index < -0.39 is 0 Å². The van der Waals surface area contributed by atoms with Gasteiger partial charge in [-0.2, -0.15) is 0 Å². The van der Waals surface area contributed by atoms with Crippen LogP contribution in [0.5, 0.6) is 5.75 Å². The highest BCUT2D eigenvalue weighted by Crippen LogP contribution is 2.26. The Morgan fingerprint density at radius 1 is 1.00 bits per heavy atom. The Hall–Kier alpha value is -2.77. The van der Waals surface area contributed by atoms with E-state index >= 15 is 0 Å². The fourth-order valence-electron chi connectivity index (χ4n) is 4.19. The first-order valence-electron chi connectivity index (χ1n) is 10.3. The summed E-state index contributed by atoms with van der Waals surface area (Å²) in [5, 5.41) is 12.9. The molecule has 7 nitrogen and oxygen atoms in total. The Kier molecular flexibility index (Phi) is 6.17. The third kappa shape index (κ3) is 4.46. The second-order valence-electron chi connectivity index (χ2n) is 7.79. The Morgan fingerprint density at radius 2 is 1.72 bits per heavy atom. The summed E-state index contributed by atoms with van der Waals surface area (Å²) >= 11 is 0. The molecular formula is C22H30N6O+2. The van der Waals surface area contributed by atoms with Gasteiger partial charge in [0.15, 0.2) is 6.04 Å². The van der Waals surface area contributed by atoms with Crippen LogP contribution >= 0.6 is 0 Å². The molecule has 1 fully saturated rings. The van der Waals surface area contributed by atoms with E-state index in [1.807, 2.05) is 22.9 Å². The van der Waals surface area contributed by atoms with Crippen LogP contribution in [0, 0.1) is 0 Å². The zero-order valence-electron chi connectivity index (χ0n) is 17.2. The molecule has 0 saturated carbocycles. The van der Waals surface area contributed by atoms with Crippen molar-refractivity contribution in [3.05, 3.63) is 71.5 Å². The van der Waals surface area contributed by atoms with E-state index in [1.165, 1.54) is 10.5 Å². The van der Waals surface area contributed by atoms with Gasteiger partial charge in [-0.3, -0.25) is 0 Å². The SMILES string of the molecule is COc1ccccc1[C@@H](c1nnnn1CCc1ccccc1)[NH+]1CC[NH+](C)CC1. The van der Waals surface area contributed by atoms with Crippen LogP contribution in [0.4, 0.5) is 0 Å². The number of benzene rings is 2. The molecule has 29 heavy (non-hydrogen) atoms. The maximum atomic E-state index is 5.71. The first-order chi connectivity index (χ1) is 14.3. The van der Waals surface area contributed by atoms with Crippen molar-refractivity contribution in [2.75, 3.05) is 40.3 Å². The number of likely N-dealkylation sites (N-methyl/N-ethyl adjacent to an activating group) is 1. The summed E-state index contributed by atoms with van der Waals surface area (Å²) in [5.74, 6) is 1.81. The highest BCUT2D eigenvalue weighted by molar-refractivity contribution is 5.37. The van der Waals surface area contributed by atoms with Crippen molar-refractivity contribution in [1.82, 2.24) is 20.2 Å². The van der Waals surface area contributed by atoms with E-state index in [-0.39, 0.29) is 6.04 Å². The standard InChI is InChI=1S/C22H28N6O/c1-26-14-16-27(17-15-26)21(19-10-6-7-11-20(19)29-2)22-23-24-25-28(22)13-12-18-8-4-3-5-9-18/h3-11,21H,12-17H2,1-2H3/p+2/t21-/m0/s1. The molecule has 1 saturated heterocycles. The minimum atomic E-state index is 0.0602. The lowest BCUT2D eigenvalue weighted by Gasteiger charge is -2.33. The molecule has 0 unspecified atom stereocenters. The number of hydrogen-bond donors (Lipinski definition) is 2. The van der Waals surface area contributed by atoms with Crippen LogP contribution in [0.2, 0.25) is 0 Å². The maximum Gasteiger partial charge on any atom is 0.214 e. The second kappa shape index (κ2) is 9.15. The lowest BCUT2D eigenvalue weighted by molar-refractivity contribution is -1.02. The quantitative estimate of drug-likeness (QED) is 0.563. The topological polar surface area (TPSA) is 61.7 Å². The minimum Gasteiger partial charge on any atom is -0.496 e. The molecule has 3 aromatic rings. The van der Waals surface area contributed by atoms with Gasteiger partial charge in [-0.15, -0.1) is 5.10 Å². The number of aryl methyl sites for hydroxylation is 2. The molecule has 152 valence electrons. The molecule has 0 spiro atoms. The van der Waals surface area contributed by atoms with E-state index in [0.29, 0.717) is 0 Å². The van der Waals surface area contributed by atoms with Gasteiger partial charge in [0.2, 0.25) is 5.82 Å². The molecule has 0 bridgehead atoms. The van der Waals surface area contributed by atoms with Crippen molar-refractivity contribution in [1.29, 1.82) is 0 Å². The number of nitrogens with zero attached hydrogens (tertiary/aromatic N) is 4. The van der Waals surface area contributed by atoms with Gasteiger partial charge >= 0.3 is 0 Å². The van der Waals surface area contributed by atoms with Crippen LogP contribution < -0.4 is 14.5 Å². The highest BCUT2D eigenvalue weighted by Gasteiger charge is 2.36. The van der Waals surface area contributed by atoms with Gasteiger partial charge in [-0.1, -0.05) is 42.5 Å². The number of para-hydroxylation sites is 1. The van der Waals surface area contributed by atoms with Gasteiger partial charge in [-0.25, -0.2) is 4.68 Å². The zero-order valence-corrected chi connectivity index (χ0v) is 17.2. The van der Waals surface area contributed by atoms with Crippen LogP contribution in [0.1, 0.15) is 23.0 Å². The molecule has 0 radical (unpaired) electrons. The number of rotatable bonds is 7. The van der Waals surface area contributed by atoms with Crippen molar-refractivity contribution < 1.29 is 14.5 Å². The summed E-state index contributed by atoms with van der Waals surface area (Å²) in [6.07, 6.45) is 0.903. The van der Waals surface area contributed by atoms with Crippen LogP contribution in [0.25, 0.3) is 0 Å². The molecule has 1 aliphatic heterocycles. The fourth-order valence-corrected chi connectivity index (χ4v) is 4.19. The van der Waals surface area contributed by atoms with Crippen molar-refractivity contribution in [3.8, 4) is 5.75 Å². The predicted molar refractivity (Wildman–Crippen MR) is 110 cm³/mol. The zero-order chi connectivity index (χ0) is 20.1. The number of nitrogens with one attached hydrogen (secondary N) is 2. The summed E-state index contributed by atoms with van der Waals surface area (Å²) in [7, 11) is 4.00. The van der Waals surface area contributed by atoms with Crippen LogP contribution in [0.3, 0.4) is 0 Å². The molecule has 2 heterocycles. The molecule has 1 atom stereocenters. The maximum absolute atomic E-state index is 5.71. The smallest absolute Gasteiger partial charge is 0.214 e. The first kappa shape index (κ1) is 19.5. The number of ether oxygens (including phenoxy) is 1. The summed E-state index contributed by atoms with van der Waals surface area (Å²) in [6.45, 7) is 5.22. The summed E-state index contributed by atoms with van der Waals surface area (Å²) < 4.78 is 7.68. The molecule has 2 N–H and O–H groups in total. The number of aromatic nitrogens is 4. The summed E-state index contributed by atoms with van der Waals surface area (Å²) in [4.78, 5) is 3.08. The number of methoxy groups -OCH3 is 1. The number of quaternary nitrogens is 2. The predicted octanol–water partition coefficient (Wildman–Crippen LogP) is -0.573. The fraction of sp³-hybridized carbons (Fsp3) is 0.409. The van der Waals surface area contributed by atoms with E-state index in [2.05, 4.69) is 59.0 Å². The first-order valence-corrected chi connectivity index (χ1v) is 10.3. The van der Waals surface area contributed by atoms with Crippen molar-refractivity contribution in [3.63, 3.8) is 0 Å². The monoisotopic (exact) mass is 394 g/mol.